The molecule has 2 heterocycles. The van der Waals surface area contributed by atoms with E-state index >= 15 is 0 Å². The summed E-state index contributed by atoms with van der Waals surface area (Å²) in [6.45, 7) is 1.80. The first-order valence-corrected chi connectivity index (χ1v) is 5.11. The Labute approximate surface area is 97.7 Å². The second-order valence-electron chi connectivity index (χ2n) is 3.49. The lowest BCUT2D eigenvalue weighted by Gasteiger charge is -2.09. The molecule has 0 aliphatic heterocycles. The number of aliphatic hydroxyl groups is 1. The summed E-state index contributed by atoms with van der Waals surface area (Å²) in [5, 5.41) is 14.7. The van der Waals surface area contributed by atoms with Crippen molar-refractivity contribution in [3.63, 3.8) is 0 Å². The van der Waals surface area contributed by atoms with Crippen LogP contribution in [0.5, 0.6) is 0 Å². The van der Waals surface area contributed by atoms with E-state index in [-0.39, 0.29) is 0 Å². The van der Waals surface area contributed by atoms with Gasteiger partial charge < -0.3 is 5.11 Å². The molecule has 1 N–H and O–H groups in total. The quantitative estimate of drug-likeness (QED) is 0.856. The van der Waals surface area contributed by atoms with Crippen molar-refractivity contribution in [2.75, 3.05) is 0 Å². The van der Waals surface area contributed by atoms with Gasteiger partial charge in [0, 0.05) is 30.6 Å². The van der Waals surface area contributed by atoms with Crippen LogP contribution in [0.4, 0.5) is 0 Å². The van der Waals surface area contributed by atoms with E-state index in [0.29, 0.717) is 22.0 Å². The van der Waals surface area contributed by atoms with Crippen LogP contribution in [0.1, 0.15) is 22.9 Å². The highest BCUT2D eigenvalue weighted by molar-refractivity contribution is 6.30. The Hall–Kier alpha value is -1.46. The Bertz CT molecular complexity index is 497. The minimum Gasteiger partial charge on any atom is -0.383 e. The molecule has 2 aromatic rings. The summed E-state index contributed by atoms with van der Waals surface area (Å²) >= 11 is 6.06. The number of hydrogen-bond donors (Lipinski definition) is 1. The minimum atomic E-state index is -0.845. The van der Waals surface area contributed by atoms with Crippen LogP contribution in [0.15, 0.2) is 18.7 Å². The third-order valence-corrected chi connectivity index (χ3v) is 2.81. The zero-order chi connectivity index (χ0) is 11.7. The molecule has 2 rings (SSSR count). The Morgan fingerprint density at radius 3 is 2.50 bits per heavy atom. The van der Waals surface area contributed by atoms with Gasteiger partial charge in [-0.3, -0.25) is 4.68 Å². The Kier molecular flexibility index (Phi) is 2.89. The van der Waals surface area contributed by atoms with Crippen LogP contribution in [-0.2, 0) is 7.05 Å². The Morgan fingerprint density at radius 1 is 1.38 bits per heavy atom. The van der Waals surface area contributed by atoms with Gasteiger partial charge in [0.1, 0.15) is 17.6 Å². The van der Waals surface area contributed by atoms with E-state index in [9.17, 15) is 5.11 Å². The Balaban J connectivity index is 2.45. The summed E-state index contributed by atoms with van der Waals surface area (Å²) in [4.78, 5) is 7.71. The highest BCUT2D eigenvalue weighted by Crippen LogP contribution is 2.29. The SMILES string of the molecule is Cc1nn(C)c(Cl)c1C(O)c1cncnc1. The minimum absolute atomic E-state index is 0.425. The van der Waals surface area contributed by atoms with Crippen LogP contribution in [0.2, 0.25) is 5.15 Å². The van der Waals surface area contributed by atoms with Crippen LogP contribution in [0.25, 0.3) is 0 Å². The van der Waals surface area contributed by atoms with E-state index < -0.39 is 6.10 Å². The molecule has 5 nitrogen and oxygen atoms in total. The van der Waals surface area contributed by atoms with Crippen molar-refractivity contribution in [3.05, 3.63) is 40.7 Å². The number of rotatable bonds is 2. The van der Waals surface area contributed by atoms with Gasteiger partial charge in [-0.1, -0.05) is 11.6 Å². The maximum absolute atomic E-state index is 10.1. The number of halogens is 1. The summed E-state index contributed by atoms with van der Waals surface area (Å²) in [6, 6.07) is 0. The molecule has 0 radical (unpaired) electrons. The van der Waals surface area contributed by atoms with Gasteiger partial charge in [0.25, 0.3) is 0 Å². The summed E-state index contributed by atoms with van der Waals surface area (Å²) in [5.74, 6) is 0. The molecular formula is C10H11ClN4O. The molecule has 0 fully saturated rings. The topological polar surface area (TPSA) is 63.8 Å². The highest BCUT2D eigenvalue weighted by atomic mass is 35.5. The van der Waals surface area contributed by atoms with Crippen molar-refractivity contribution in [1.29, 1.82) is 0 Å². The smallest absolute Gasteiger partial charge is 0.133 e. The summed E-state index contributed by atoms with van der Waals surface area (Å²) in [5.41, 5.74) is 1.89. The molecule has 16 heavy (non-hydrogen) atoms. The van der Waals surface area contributed by atoms with Gasteiger partial charge in [-0.05, 0) is 6.92 Å². The molecule has 0 saturated carbocycles. The summed E-state index contributed by atoms with van der Waals surface area (Å²) in [7, 11) is 1.73. The fourth-order valence-electron chi connectivity index (χ4n) is 1.58. The van der Waals surface area contributed by atoms with E-state index in [0.717, 1.165) is 0 Å². The van der Waals surface area contributed by atoms with Gasteiger partial charge in [-0.2, -0.15) is 5.10 Å². The van der Waals surface area contributed by atoms with Gasteiger partial charge in [-0.25, -0.2) is 9.97 Å². The molecule has 0 aromatic carbocycles. The lowest BCUT2D eigenvalue weighted by atomic mass is 10.1. The number of nitrogens with zero attached hydrogens (tertiary/aromatic N) is 4. The van der Waals surface area contributed by atoms with Crippen LogP contribution < -0.4 is 0 Å². The third-order valence-electron chi connectivity index (χ3n) is 2.37. The molecule has 0 spiro atoms. The lowest BCUT2D eigenvalue weighted by Crippen LogP contribution is -2.02. The number of aliphatic hydroxyl groups excluding tert-OH is 1. The monoisotopic (exact) mass is 238 g/mol. The third kappa shape index (κ3) is 1.79. The van der Waals surface area contributed by atoms with Crippen molar-refractivity contribution < 1.29 is 5.11 Å². The molecule has 0 aliphatic rings. The second kappa shape index (κ2) is 4.19. The summed E-state index contributed by atoms with van der Waals surface area (Å²) < 4.78 is 1.53. The predicted octanol–water partition coefficient (Wildman–Crippen LogP) is 1.25. The predicted molar refractivity (Wildman–Crippen MR) is 59.0 cm³/mol. The van der Waals surface area contributed by atoms with Gasteiger partial charge in [-0.15, -0.1) is 0 Å². The molecule has 1 atom stereocenters. The largest absolute Gasteiger partial charge is 0.383 e. The van der Waals surface area contributed by atoms with Crippen LogP contribution in [0.3, 0.4) is 0 Å². The molecule has 0 aliphatic carbocycles. The van der Waals surface area contributed by atoms with Gasteiger partial charge in [0.2, 0.25) is 0 Å². The standard InChI is InChI=1S/C10H11ClN4O/c1-6-8(10(11)15(2)14-6)9(16)7-3-12-5-13-4-7/h3-5,9,16H,1-2H3. The fourth-order valence-corrected chi connectivity index (χ4v) is 1.85. The first-order valence-electron chi connectivity index (χ1n) is 4.73. The van der Waals surface area contributed by atoms with E-state index in [2.05, 4.69) is 15.1 Å². The zero-order valence-corrected chi connectivity index (χ0v) is 9.68. The Morgan fingerprint density at radius 2 is 2.00 bits per heavy atom. The maximum atomic E-state index is 10.1. The summed E-state index contributed by atoms with van der Waals surface area (Å²) in [6.07, 6.45) is 3.68. The van der Waals surface area contributed by atoms with Crippen LogP contribution in [-0.4, -0.2) is 24.9 Å². The van der Waals surface area contributed by atoms with Gasteiger partial charge >= 0.3 is 0 Å². The maximum Gasteiger partial charge on any atom is 0.133 e. The van der Waals surface area contributed by atoms with Crippen molar-refractivity contribution in [2.24, 2.45) is 7.05 Å². The van der Waals surface area contributed by atoms with Gasteiger partial charge in [0.05, 0.1) is 5.69 Å². The van der Waals surface area contributed by atoms with E-state index in [1.54, 1.807) is 26.4 Å². The van der Waals surface area contributed by atoms with Crippen molar-refractivity contribution in [1.82, 2.24) is 19.7 Å². The number of hydrogen-bond acceptors (Lipinski definition) is 4. The highest BCUT2D eigenvalue weighted by Gasteiger charge is 2.21. The van der Waals surface area contributed by atoms with Crippen LogP contribution >= 0.6 is 11.6 Å². The normalized spacial score (nSPS) is 12.8. The molecule has 2 aromatic heterocycles. The molecule has 84 valence electrons. The number of aryl methyl sites for hydroxylation is 2. The lowest BCUT2D eigenvalue weighted by molar-refractivity contribution is 0.218. The van der Waals surface area contributed by atoms with E-state index in [4.69, 9.17) is 11.6 Å². The van der Waals surface area contributed by atoms with E-state index in [1.165, 1.54) is 11.0 Å². The zero-order valence-electron chi connectivity index (χ0n) is 8.92. The average Bonchev–Trinajstić information content (AvgIpc) is 2.54. The molecule has 0 bridgehead atoms. The molecule has 6 heteroatoms. The molecule has 0 saturated heterocycles. The first kappa shape index (κ1) is 11.0. The van der Waals surface area contributed by atoms with Gasteiger partial charge in [0.15, 0.2) is 0 Å². The second-order valence-corrected chi connectivity index (χ2v) is 3.85. The van der Waals surface area contributed by atoms with Crippen molar-refractivity contribution in [2.45, 2.75) is 13.0 Å². The van der Waals surface area contributed by atoms with E-state index in [1.807, 2.05) is 0 Å². The average molecular weight is 239 g/mol. The van der Waals surface area contributed by atoms with Crippen molar-refractivity contribution in [3.8, 4) is 0 Å². The number of aromatic nitrogens is 4. The van der Waals surface area contributed by atoms with Crippen LogP contribution in [0, 0.1) is 6.92 Å². The van der Waals surface area contributed by atoms with Crippen molar-refractivity contribution >= 4 is 11.6 Å². The molecular weight excluding hydrogens is 228 g/mol. The fraction of sp³-hybridized carbons (Fsp3) is 0.300. The first-order chi connectivity index (χ1) is 7.61. The molecule has 1 unspecified atom stereocenters. The molecule has 0 amide bonds.